The number of nitrogens with zero attached hydrogens (tertiary/aromatic N) is 6. The van der Waals surface area contributed by atoms with Crippen molar-refractivity contribution >= 4 is 49.9 Å². The molecular weight excluding hydrogens is 607 g/mol. The van der Waals surface area contributed by atoms with Gasteiger partial charge in [0.1, 0.15) is 24.1 Å². The van der Waals surface area contributed by atoms with Gasteiger partial charge < -0.3 is 24.8 Å². The minimum atomic E-state index is -0.913. The number of pyridine rings is 1. The van der Waals surface area contributed by atoms with Crippen LogP contribution in [-0.2, 0) is 29.2 Å². The fourth-order valence-corrected chi connectivity index (χ4v) is 8.53. The fourth-order valence-electron chi connectivity index (χ4n) is 7.54. The molecule has 7 heterocycles. The van der Waals surface area contributed by atoms with Gasteiger partial charge in [-0.05, 0) is 37.2 Å². The van der Waals surface area contributed by atoms with E-state index in [9.17, 15) is 4.39 Å². The first-order chi connectivity index (χ1) is 21.8. The van der Waals surface area contributed by atoms with Crippen LogP contribution >= 0.6 is 11.3 Å². The number of nitrogen functional groups attached to an aromatic ring is 1. The number of aliphatic imine (C=N–C) groups is 1. The van der Waals surface area contributed by atoms with Crippen molar-refractivity contribution in [2.45, 2.75) is 56.8 Å². The largest absolute Gasteiger partial charge is 0.461 e. The second-order valence-electron chi connectivity index (χ2n) is 12.3. The summed E-state index contributed by atoms with van der Waals surface area (Å²) < 4.78 is 64.6. The van der Waals surface area contributed by atoms with Gasteiger partial charge in [0, 0.05) is 49.7 Å². The molecule has 4 aliphatic heterocycles. The molecule has 0 aliphatic carbocycles. The topological polar surface area (TPSA) is 111 Å². The van der Waals surface area contributed by atoms with E-state index in [2.05, 4.69) is 26.6 Å². The molecule has 1 aromatic carbocycles. The highest BCUT2D eigenvalue weighted by Crippen LogP contribution is 2.47. The normalized spacial score (nSPS) is 23.2. The molecule has 3 fully saturated rings. The molecule has 0 saturated carbocycles. The van der Waals surface area contributed by atoms with Gasteiger partial charge in [-0.1, -0.05) is 0 Å². The molecule has 45 heavy (non-hydrogen) atoms. The number of aromatic nitrogens is 3. The Balaban J connectivity index is 1.32. The molecule has 4 aliphatic rings. The van der Waals surface area contributed by atoms with Crippen LogP contribution < -0.4 is 15.4 Å². The van der Waals surface area contributed by atoms with Crippen molar-refractivity contribution in [3.05, 3.63) is 34.5 Å². The van der Waals surface area contributed by atoms with Gasteiger partial charge >= 0.3 is 6.01 Å². The Morgan fingerprint density at radius 1 is 1.20 bits per heavy atom. The summed E-state index contributed by atoms with van der Waals surface area (Å²) in [6, 6.07) is 0.0131. The summed E-state index contributed by atoms with van der Waals surface area (Å²) in [6.45, 7) is 6.58. The van der Waals surface area contributed by atoms with E-state index in [0.717, 1.165) is 42.5 Å². The van der Waals surface area contributed by atoms with Crippen LogP contribution in [0.15, 0.2) is 11.2 Å². The second kappa shape index (κ2) is 10.7. The number of thiophene rings is 1. The molecule has 0 bridgehead atoms. The molecule has 3 aromatic heterocycles. The first-order valence-corrected chi connectivity index (χ1v) is 15.8. The van der Waals surface area contributed by atoms with Gasteiger partial charge in [-0.25, -0.2) is 13.2 Å². The second-order valence-corrected chi connectivity index (χ2v) is 13.4. The van der Waals surface area contributed by atoms with E-state index in [-0.39, 0.29) is 60.0 Å². The molecule has 2 N–H and O–H groups in total. The van der Waals surface area contributed by atoms with Crippen molar-refractivity contribution in [2.75, 3.05) is 50.5 Å². The van der Waals surface area contributed by atoms with E-state index in [1.807, 2.05) is 4.90 Å². The van der Waals surface area contributed by atoms with Crippen LogP contribution in [0.5, 0.6) is 6.01 Å². The highest BCUT2D eigenvalue weighted by Gasteiger charge is 2.49. The summed E-state index contributed by atoms with van der Waals surface area (Å²) in [6.07, 6.45) is 2.35. The Labute approximate surface area is 261 Å². The molecule has 0 radical (unpaired) electrons. The number of hydrogen-bond acceptors (Lipinski definition) is 11. The number of fused-ring (bicyclic) bond motifs is 5. The van der Waals surface area contributed by atoms with Crippen LogP contribution in [-0.4, -0.2) is 84.3 Å². The van der Waals surface area contributed by atoms with E-state index < -0.39 is 23.3 Å². The molecule has 2 atom stereocenters. The van der Waals surface area contributed by atoms with Crippen LogP contribution in [0.1, 0.15) is 36.0 Å². The zero-order valence-corrected chi connectivity index (χ0v) is 25.6. The Bertz CT molecular complexity index is 1870. The lowest BCUT2D eigenvalue weighted by Gasteiger charge is -2.39. The number of nitrogens with two attached hydrogens (primary N) is 1. The minimum Gasteiger partial charge on any atom is -0.461 e. The molecule has 8 rings (SSSR count). The third-order valence-corrected chi connectivity index (χ3v) is 10.8. The van der Waals surface area contributed by atoms with Crippen LogP contribution in [0.25, 0.3) is 32.2 Å². The summed E-state index contributed by atoms with van der Waals surface area (Å²) in [5.41, 5.74) is 8.21. The Morgan fingerprint density at radius 3 is 2.82 bits per heavy atom. The molecule has 0 spiro atoms. The molecule has 0 unspecified atom stereocenters. The fraction of sp³-hybridized carbons (Fsp3) is 0.484. The number of hydrogen-bond donors (Lipinski definition) is 1. The molecular formula is C31H32F3N7O3S. The summed E-state index contributed by atoms with van der Waals surface area (Å²) in [4.78, 5) is 22.0. The van der Waals surface area contributed by atoms with E-state index in [0.29, 0.717) is 58.8 Å². The van der Waals surface area contributed by atoms with Crippen molar-refractivity contribution in [1.82, 2.24) is 19.9 Å². The molecule has 14 heteroatoms. The molecule has 3 saturated heterocycles. The zero-order chi connectivity index (χ0) is 31.0. The van der Waals surface area contributed by atoms with Gasteiger partial charge in [-0.15, -0.1) is 11.3 Å². The standard InChI is InChI=1S/C31H32F3N7O3S/c1-36-7-17-22-25(37-8-20(33)27(22)45-28(17)35)21-18-12-43-13-19(18)23-26(24(21)34)38-30(39-29(23)40-10-16(11-40)42-2)44-14-31-4-3-5-41(31)9-15(32)6-31/h8,15-16H,1,3-7,9-14,35H2,2H3/t15-,31+/m1/s1. The Hall–Kier alpha value is -3.59. The first kappa shape index (κ1) is 28.9. The lowest BCUT2D eigenvalue weighted by atomic mass is 9.93. The highest BCUT2D eigenvalue weighted by atomic mass is 32.1. The third-order valence-electron chi connectivity index (χ3n) is 9.77. The number of halogens is 3. The Morgan fingerprint density at radius 2 is 2.02 bits per heavy atom. The smallest absolute Gasteiger partial charge is 0.319 e. The number of alkyl halides is 1. The lowest BCUT2D eigenvalue weighted by molar-refractivity contribution is 0.0781. The quantitative estimate of drug-likeness (QED) is 0.272. The average Bonchev–Trinajstić information content (AvgIpc) is 3.76. The van der Waals surface area contributed by atoms with Gasteiger partial charge in [0.2, 0.25) is 0 Å². The van der Waals surface area contributed by atoms with Crippen LogP contribution in [0.2, 0.25) is 0 Å². The van der Waals surface area contributed by atoms with E-state index in [4.69, 9.17) is 24.9 Å². The Kier molecular flexibility index (Phi) is 6.89. The molecule has 236 valence electrons. The maximum absolute atomic E-state index is 17.2. The number of methoxy groups -OCH3 is 1. The highest BCUT2D eigenvalue weighted by molar-refractivity contribution is 7.23. The number of ether oxygens (including phenoxy) is 3. The van der Waals surface area contributed by atoms with E-state index in [1.54, 1.807) is 7.11 Å². The predicted octanol–water partition coefficient (Wildman–Crippen LogP) is 4.79. The van der Waals surface area contributed by atoms with Crippen molar-refractivity contribution < 1.29 is 27.4 Å². The van der Waals surface area contributed by atoms with Crippen molar-refractivity contribution in [2.24, 2.45) is 4.99 Å². The summed E-state index contributed by atoms with van der Waals surface area (Å²) in [5.74, 6) is -0.664. The van der Waals surface area contributed by atoms with E-state index in [1.165, 1.54) is 0 Å². The minimum absolute atomic E-state index is 0.0105. The summed E-state index contributed by atoms with van der Waals surface area (Å²) in [5, 5.41) is 1.30. The van der Waals surface area contributed by atoms with E-state index >= 15 is 8.78 Å². The molecule has 4 aromatic rings. The van der Waals surface area contributed by atoms with Gasteiger partial charge in [0.15, 0.2) is 11.6 Å². The summed E-state index contributed by atoms with van der Waals surface area (Å²) >= 11 is 1.07. The third kappa shape index (κ3) is 4.40. The number of benzene rings is 1. The SMILES string of the molecule is C=NCc1c(N)sc2c(F)cnc(-c3c4c(c5c(N6CC(OC)C6)nc(OC[C@@]67CCCN6C[C@H](F)C7)nc5c3F)COC4)c12. The number of anilines is 2. The number of rotatable bonds is 8. The van der Waals surface area contributed by atoms with Crippen LogP contribution in [0, 0.1) is 11.6 Å². The molecule has 0 amide bonds. The zero-order valence-electron chi connectivity index (χ0n) is 24.7. The maximum Gasteiger partial charge on any atom is 0.319 e. The van der Waals surface area contributed by atoms with Gasteiger partial charge in [-0.2, -0.15) is 9.97 Å². The maximum atomic E-state index is 17.2. The van der Waals surface area contributed by atoms with Crippen molar-refractivity contribution in [3.63, 3.8) is 0 Å². The lowest BCUT2D eigenvalue weighted by Crippen LogP contribution is -2.52. The van der Waals surface area contributed by atoms with Crippen molar-refractivity contribution in [1.29, 1.82) is 0 Å². The molecule has 10 nitrogen and oxygen atoms in total. The summed E-state index contributed by atoms with van der Waals surface area (Å²) in [7, 11) is 1.66. The predicted molar refractivity (Wildman–Crippen MR) is 166 cm³/mol. The van der Waals surface area contributed by atoms with Gasteiger partial charge in [-0.3, -0.25) is 14.9 Å². The van der Waals surface area contributed by atoms with Crippen LogP contribution in [0.4, 0.5) is 24.0 Å². The van der Waals surface area contributed by atoms with Crippen LogP contribution in [0.3, 0.4) is 0 Å². The monoisotopic (exact) mass is 639 g/mol. The van der Waals surface area contributed by atoms with Crippen molar-refractivity contribution in [3.8, 4) is 17.3 Å². The van der Waals surface area contributed by atoms with Gasteiger partial charge in [0.05, 0.1) is 58.4 Å². The average molecular weight is 640 g/mol. The first-order valence-electron chi connectivity index (χ1n) is 15.0. The van der Waals surface area contributed by atoms with Gasteiger partial charge in [0.25, 0.3) is 0 Å².